The monoisotopic (exact) mass is 263 g/mol. The fourth-order valence-corrected chi connectivity index (χ4v) is 2.26. The minimum absolute atomic E-state index is 0.254. The lowest BCUT2D eigenvalue weighted by Gasteiger charge is -2.22. The van der Waals surface area contributed by atoms with Crippen molar-refractivity contribution in [3.8, 4) is 0 Å². The zero-order valence-electron chi connectivity index (χ0n) is 10.6. The van der Waals surface area contributed by atoms with Crippen LogP contribution in [-0.2, 0) is 14.6 Å². The second kappa shape index (κ2) is 4.94. The summed E-state index contributed by atoms with van der Waals surface area (Å²) in [6.07, 6.45) is 3.10. The zero-order chi connectivity index (χ0) is 13.3. The molecule has 2 N–H and O–H groups in total. The molecule has 0 aromatic carbocycles. The summed E-state index contributed by atoms with van der Waals surface area (Å²) in [5.41, 5.74) is 0. The van der Waals surface area contributed by atoms with Gasteiger partial charge >= 0.3 is 0 Å². The summed E-state index contributed by atoms with van der Waals surface area (Å²) in [6.45, 7) is 3.25. The summed E-state index contributed by atoms with van der Waals surface area (Å²) in [6, 6.07) is 0. The Morgan fingerprint density at radius 2 is 2.00 bits per heavy atom. The van der Waals surface area contributed by atoms with E-state index in [1.54, 1.807) is 0 Å². The maximum Gasteiger partial charge on any atom is 0.240 e. The van der Waals surface area contributed by atoms with Crippen LogP contribution in [0.15, 0.2) is 0 Å². The van der Waals surface area contributed by atoms with Gasteiger partial charge in [-0.2, -0.15) is 0 Å². The van der Waals surface area contributed by atoms with Crippen LogP contribution < -0.4 is 5.32 Å². The highest BCUT2D eigenvalue weighted by molar-refractivity contribution is 7.92. The molecule has 100 valence electrons. The average molecular weight is 263 g/mol. The van der Waals surface area contributed by atoms with E-state index < -0.39 is 20.5 Å². The minimum atomic E-state index is -3.42. The Balaban J connectivity index is 2.50. The van der Waals surface area contributed by atoms with Crippen molar-refractivity contribution < 1.29 is 18.3 Å². The molecule has 0 heterocycles. The molecule has 0 aromatic heterocycles. The van der Waals surface area contributed by atoms with Gasteiger partial charge in [-0.15, -0.1) is 0 Å². The quantitative estimate of drug-likeness (QED) is 0.753. The first-order valence-electron chi connectivity index (χ1n) is 5.80. The molecule has 1 saturated carbocycles. The van der Waals surface area contributed by atoms with Gasteiger partial charge in [0.15, 0.2) is 9.84 Å². The molecule has 0 aromatic rings. The highest BCUT2D eigenvalue weighted by atomic mass is 32.2. The van der Waals surface area contributed by atoms with Crippen LogP contribution in [0.2, 0.25) is 0 Å². The van der Waals surface area contributed by atoms with Gasteiger partial charge in [-0.25, -0.2) is 8.42 Å². The molecule has 1 amide bonds. The number of amides is 1. The SMILES string of the molecule is CC(C)(C(=O)NCC1CCC(O)C1)S(C)(=O)=O. The fraction of sp³-hybridized carbons (Fsp3) is 0.909. The maximum absolute atomic E-state index is 11.8. The summed E-state index contributed by atoms with van der Waals surface area (Å²) < 4.78 is 21.5. The number of carbonyl (C=O) groups is 1. The molecule has 1 fully saturated rings. The van der Waals surface area contributed by atoms with E-state index >= 15 is 0 Å². The summed E-state index contributed by atoms with van der Waals surface area (Å²) in [4.78, 5) is 11.8. The molecule has 0 aliphatic heterocycles. The molecule has 0 spiro atoms. The number of nitrogens with one attached hydrogen (secondary N) is 1. The Bertz CT molecular complexity index is 388. The van der Waals surface area contributed by atoms with Crippen LogP contribution in [0.4, 0.5) is 0 Å². The Morgan fingerprint density at radius 3 is 2.41 bits per heavy atom. The highest BCUT2D eigenvalue weighted by Gasteiger charge is 2.38. The first-order valence-corrected chi connectivity index (χ1v) is 7.69. The van der Waals surface area contributed by atoms with Gasteiger partial charge < -0.3 is 10.4 Å². The second-order valence-corrected chi connectivity index (χ2v) is 7.89. The number of sulfone groups is 1. The van der Waals surface area contributed by atoms with E-state index in [1.807, 2.05) is 0 Å². The van der Waals surface area contributed by atoms with Crippen LogP contribution in [0.1, 0.15) is 33.1 Å². The molecule has 0 saturated heterocycles. The van der Waals surface area contributed by atoms with E-state index in [0.717, 1.165) is 19.1 Å². The van der Waals surface area contributed by atoms with Crippen molar-refractivity contribution in [1.29, 1.82) is 0 Å². The van der Waals surface area contributed by atoms with Gasteiger partial charge in [-0.1, -0.05) is 0 Å². The molecular formula is C11H21NO4S. The number of rotatable bonds is 4. The normalized spacial score (nSPS) is 25.9. The third kappa shape index (κ3) is 3.42. The Kier molecular flexibility index (Phi) is 4.19. The molecule has 2 atom stereocenters. The van der Waals surface area contributed by atoms with E-state index in [9.17, 15) is 18.3 Å². The summed E-state index contributed by atoms with van der Waals surface area (Å²) in [5.74, 6) is -0.217. The molecule has 1 aliphatic carbocycles. The van der Waals surface area contributed by atoms with Crippen molar-refractivity contribution in [3.63, 3.8) is 0 Å². The van der Waals surface area contributed by atoms with Crippen LogP contribution in [-0.4, -0.2) is 43.1 Å². The van der Waals surface area contributed by atoms with Gasteiger partial charge in [-0.3, -0.25) is 4.79 Å². The van der Waals surface area contributed by atoms with Crippen LogP contribution in [0.5, 0.6) is 0 Å². The van der Waals surface area contributed by atoms with E-state index in [0.29, 0.717) is 13.0 Å². The average Bonchev–Trinajstić information content (AvgIpc) is 2.58. The van der Waals surface area contributed by atoms with E-state index in [1.165, 1.54) is 13.8 Å². The molecule has 1 aliphatic rings. The maximum atomic E-state index is 11.8. The Labute approximate surface area is 103 Å². The van der Waals surface area contributed by atoms with E-state index in [2.05, 4.69) is 5.32 Å². The molecule has 1 rings (SSSR count). The number of hydrogen-bond acceptors (Lipinski definition) is 4. The van der Waals surface area contributed by atoms with Gasteiger partial charge in [0, 0.05) is 12.8 Å². The lowest BCUT2D eigenvalue weighted by Crippen LogP contribution is -2.48. The second-order valence-electron chi connectivity index (χ2n) is 5.33. The predicted molar refractivity (Wildman–Crippen MR) is 65.3 cm³/mol. The minimum Gasteiger partial charge on any atom is -0.393 e. The standard InChI is InChI=1S/C11H21NO4S/c1-11(2,17(3,15)16)10(14)12-7-8-4-5-9(13)6-8/h8-9,13H,4-7H2,1-3H3,(H,12,14). The molecule has 0 radical (unpaired) electrons. The first-order chi connectivity index (χ1) is 7.64. The number of carbonyl (C=O) groups excluding carboxylic acids is 1. The van der Waals surface area contributed by atoms with E-state index in [-0.39, 0.29) is 12.0 Å². The van der Waals surface area contributed by atoms with Crippen LogP contribution in [0.3, 0.4) is 0 Å². The molecule has 0 bridgehead atoms. The highest BCUT2D eigenvalue weighted by Crippen LogP contribution is 2.25. The van der Waals surface area contributed by atoms with Gasteiger partial charge in [0.2, 0.25) is 5.91 Å². The molecule has 5 nitrogen and oxygen atoms in total. The lowest BCUT2D eigenvalue weighted by atomic mass is 10.1. The molecular weight excluding hydrogens is 242 g/mol. The predicted octanol–water partition coefficient (Wildman–Crippen LogP) is 0.0868. The van der Waals surface area contributed by atoms with Gasteiger partial charge in [0.1, 0.15) is 4.75 Å². The van der Waals surface area contributed by atoms with Gasteiger partial charge in [0.05, 0.1) is 6.10 Å². The largest absolute Gasteiger partial charge is 0.393 e. The van der Waals surface area contributed by atoms with Gasteiger partial charge in [-0.05, 0) is 39.0 Å². The van der Waals surface area contributed by atoms with Crippen molar-refractivity contribution in [2.75, 3.05) is 12.8 Å². The number of aliphatic hydroxyl groups excluding tert-OH is 1. The van der Waals surface area contributed by atoms with Crippen LogP contribution in [0, 0.1) is 5.92 Å². The smallest absolute Gasteiger partial charge is 0.240 e. The van der Waals surface area contributed by atoms with E-state index in [4.69, 9.17) is 0 Å². The zero-order valence-corrected chi connectivity index (χ0v) is 11.4. The van der Waals surface area contributed by atoms with Crippen LogP contribution in [0.25, 0.3) is 0 Å². The van der Waals surface area contributed by atoms with Gasteiger partial charge in [0.25, 0.3) is 0 Å². The third-order valence-corrected chi connectivity index (χ3v) is 5.58. The Hall–Kier alpha value is -0.620. The number of hydrogen-bond donors (Lipinski definition) is 2. The summed E-state index contributed by atoms with van der Waals surface area (Å²) in [7, 11) is -3.42. The third-order valence-electron chi connectivity index (χ3n) is 3.54. The van der Waals surface area contributed by atoms with Crippen molar-refractivity contribution in [1.82, 2.24) is 5.32 Å². The summed E-state index contributed by atoms with van der Waals surface area (Å²) in [5, 5.41) is 12.0. The number of aliphatic hydroxyl groups is 1. The fourth-order valence-electron chi connectivity index (χ4n) is 1.85. The Morgan fingerprint density at radius 1 is 1.41 bits per heavy atom. The molecule has 17 heavy (non-hydrogen) atoms. The topological polar surface area (TPSA) is 83.5 Å². The van der Waals surface area contributed by atoms with Crippen molar-refractivity contribution in [3.05, 3.63) is 0 Å². The molecule has 2 unspecified atom stereocenters. The molecule has 6 heteroatoms. The van der Waals surface area contributed by atoms with Crippen LogP contribution >= 0.6 is 0 Å². The van der Waals surface area contributed by atoms with Crippen molar-refractivity contribution >= 4 is 15.7 Å². The van der Waals surface area contributed by atoms with Crippen molar-refractivity contribution in [2.24, 2.45) is 5.92 Å². The summed E-state index contributed by atoms with van der Waals surface area (Å²) >= 11 is 0. The first kappa shape index (κ1) is 14.4. The van der Waals surface area contributed by atoms with Crippen molar-refractivity contribution in [2.45, 2.75) is 44.0 Å². The lowest BCUT2D eigenvalue weighted by molar-refractivity contribution is -0.123.